The number of rotatable bonds is 3. The van der Waals surface area contributed by atoms with Crippen molar-refractivity contribution in [2.24, 2.45) is 0 Å². The van der Waals surface area contributed by atoms with Crippen LogP contribution in [-0.4, -0.2) is 91.7 Å². The van der Waals surface area contributed by atoms with Gasteiger partial charge in [0.2, 0.25) is 5.91 Å². The van der Waals surface area contributed by atoms with Gasteiger partial charge in [-0.25, -0.2) is 4.79 Å². The first kappa shape index (κ1) is 19.0. The van der Waals surface area contributed by atoms with E-state index in [0.29, 0.717) is 39.4 Å². The summed E-state index contributed by atoms with van der Waals surface area (Å²) in [4.78, 5) is 30.1. The van der Waals surface area contributed by atoms with E-state index < -0.39 is 0 Å². The molecule has 1 N–H and O–H groups in total. The van der Waals surface area contributed by atoms with Gasteiger partial charge in [-0.3, -0.25) is 4.79 Å². The number of hydrogen-bond acceptors (Lipinski definition) is 4. The first-order valence-corrected chi connectivity index (χ1v) is 7.81. The summed E-state index contributed by atoms with van der Waals surface area (Å²) >= 11 is 0. The molecule has 0 aromatic rings. The standard InChI is InChI=1S/C14H26N4O3.ClH/c1-3-16(4-2)14(20)18-8-6-17(7-9-18)13(19)12-11-21-10-5-15-12;/h12,15H,3-11H2,1-2H3;1H. The highest BCUT2D eigenvalue weighted by Gasteiger charge is 2.30. The summed E-state index contributed by atoms with van der Waals surface area (Å²) in [5.41, 5.74) is 0. The van der Waals surface area contributed by atoms with Crippen LogP contribution in [0.15, 0.2) is 0 Å². The molecule has 0 spiro atoms. The Balaban J connectivity index is 0.00000242. The Hall–Kier alpha value is -1.05. The quantitative estimate of drug-likeness (QED) is 0.789. The van der Waals surface area contributed by atoms with Gasteiger partial charge in [-0.15, -0.1) is 12.4 Å². The van der Waals surface area contributed by atoms with Crippen LogP contribution in [0.3, 0.4) is 0 Å². The second-order valence-electron chi connectivity index (χ2n) is 5.35. The van der Waals surface area contributed by atoms with E-state index in [0.717, 1.165) is 19.6 Å². The van der Waals surface area contributed by atoms with Crippen LogP contribution in [0.2, 0.25) is 0 Å². The largest absolute Gasteiger partial charge is 0.378 e. The third kappa shape index (κ3) is 4.47. The van der Waals surface area contributed by atoms with Gasteiger partial charge < -0.3 is 24.8 Å². The van der Waals surface area contributed by atoms with Crippen molar-refractivity contribution in [3.05, 3.63) is 0 Å². The van der Waals surface area contributed by atoms with Crippen molar-refractivity contribution in [2.75, 3.05) is 59.0 Å². The maximum atomic E-state index is 12.3. The molecule has 0 aliphatic carbocycles. The fourth-order valence-electron chi connectivity index (χ4n) is 2.76. The average Bonchev–Trinajstić information content (AvgIpc) is 2.56. The Bertz CT molecular complexity index is 365. The van der Waals surface area contributed by atoms with Gasteiger partial charge in [0.05, 0.1) is 13.2 Å². The number of amides is 3. The zero-order chi connectivity index (χ0) is 15.2. The number of carbonyl (C=O) groups excluding carboxylic acids is 2. The van der Waals surface area contributed by atoms with Crippen LogP contribution in [0.4, 0.5) is 4.79 Å². The van der Waals surface area contributed by atoms with Crippen LogP contribution in [0.25, 0.3) is 0 Å². The van der Waals surface area contributed by atoms with Crippen LogP contribution in [0.5, 0.6) is 0 Å². The molecular formula is C14H27ClN4O3. The molecule has 0 bridgehead atoms. The number of halogens is 1. The van der Waals surface area contributed by atoms with E-state index in [2.05, 4.69) is 5.32 Å². The van der Waals surface area contributed by atoms with Crippen LogP contribution in [0.1, 0.15) is 13.8 Å². The van der Waals surface area contributed by atoms with E-state index in [-0.39, 0.29) is 30.4 Å². The van der Waals surface area contributed by atoms with Crippen molar-refractivity contribution in [1.29, 1.82) is 0 Å². The molecule has 2 aliphatic heterocycles. The predicted molar refractivity (Wildman–Crippen MR) is 86.3 cm³/mol. The third-order valence-corrected chi connectivity index (χ3v) is 4.12. The molecule has 2 aliphatic rings. The lowest BCUT2D eigenvalue weighted by Crippen LogP contribution is -2.58. The average molecular weight is 335 g/mol. The summed E-state index contributed by atoms with van der Waals surface area (Å²) in [6, 6.07) is -0.157. The van der Waals surface area contributed by atoms with Crippen LogP contribution in [-0.2, 0) is 9.53 Å². The van der Waals surface area contributed by atoms with Gasteiger partial charge in [-0.1, -0.05) is 0 Å². The molecule has 0 saturated carbocycles. The molecule has 0 aromatic heterocycles. The molecule has 3 amide bonds. The summed E-state index contributed by atoms with van der Waals surface area (Å²) in [6.07, 6.45) is 0. The molecule has 2 heterocycles. The molecule has 8 heteroatoms. The van der Waals surface area contributed by atoms with Gasteiger partial charge in [0.25, 0.3) is 0 Å². The lowest BCUT2D eigenvalue weighted by Gasteiger charge is -2.38. The van der Waals surface area contributed by atoms with Crippen molar-refractivity contribution in [2.45, 2.75) is 19.9 Å². The van der Waals surface area contributed by atoms with Crippen LogP contribution >= 0.6 is 12.4 Å². The maximum absolute atomic E-state index is 12.3. The lowest BCUT2D eigenvalue weighted by molar-refractivity contribution is -0.137. The van der Waals surface area contributed by atoms with E-state index in [1.165, 1.54) is 0 Å². The van der Waals surface area contributed by atoms with E-state index in [9.17, 15) is 9.59 Å². The number of piperazine rings is 1. The Kier molecular flexibility index (Phi) is 7.92. The fraction of sp³-hybridized carbons (Fsp3) is 0.857. The molecule has 7 nitrogen and oxygen atoms in total. The Morgan fingerprint density at radius 2 is 1.73 bits per heavy atom. The summed E-state index contributed by atoms with van der Waals surface area (Å²) in [5.74, 6) is 0.0876. The van der Waals surface area contributed by atoms with Crippen molar-refractivity contribution >= 4 is 24.3 Å². The highest BCUT2D eigenvalue weighted by Crippen LogP contribution is 2.08. The van der Waals surface area contributed by atoms with Crippen molar-refractivity contribution < 1.29 is 14.3 Å². The molecule has 0 radical (unpaired) electrons. The molecule has 2 fully saturated rings. The SMILES string of the molecule is CCN(CC)C(=O)N1CCN(C(=O)C2COCCN2)CC1.Cl. The Morgan fingerprint density at radius 3 is 2.23 bits per heavy atom. The summed E-state index contributed by atoms with van der Waals surface area (Å²) in [7, 11) is 0. The van der Waals surface area contributed by atoms with E-state index in [1.54, 1.807) is 0 Å². The first-order valence-electron chi connectivity index (χ1n) is 7.81. The minimum Gasteiger partial charge on any atom is -0.378 e. The molecule has 1 atom stereocenters. The minimum absolute atomic E-state index is 0. The van der Waals surface area contributed by atoms with Crippen molar-refractivity contribution in [3.63, 3.8) is 0 Å². The molecule has 128 valence electrons. The number of urea groups is 1. The Morgan fingerprint density at radius 1 is 1.14 bits per heavy atom. The summed E-state index contributed by atoms with van der Waals surface area (Å²) in [5, 5.41) is 3.18. The van der Waals surface area contributed by atoms with Crippen LogP contribution < -0.4 is 5.32 Å². The topological polar surface area (TPSA) is 65.1 Å². The van der Waals surface area contributed by atoms with Gasteiger partial charge in [0.1, 0.15) is 6.04 Å². The second-order valence-corrected chi connectivity index (χ2v) is 5.35. The zero-order valence-corrected chi connectivity index (χ0v) is 14.2. The van der Waals surface area contributed by atoms with Gasteiger partial charge in [-0.05, 0) is 13.8 Å². The highest BCUT2D eigenvalue weighted by molar-refractivity contribution is 5.85. The molecule has 0 aromatic carbocycles. The van der Waals surface area contributed by atoms with Crippen molar-refractivity contribution in [1.82, 2.24) is 20.0 Å². The van der Waals surface area contributed by atoms with Gasteiger partial charge >= 0.3 is 6.03 Å². The maximum Gasteiger partial charge on any atom is 0.320 e. The first-order chi connectivity index (χ1) is 10.2. The molecule has 1 unspecified atom stereocenters. The Labute approximate surface area is 138 Å². The number of nitrogens with zero attached hydrogens (tertiary/aromatic N) is 3. The third-order valence-electron chi connectivity index (χ3n) is 4.12. The monoisotopic (exact) mass is 334 g/mol. The number of carbonyl (C=O) groups is 2. The smallest absolute Gasteiger partial charge is 0.320 e. The van der Waals surface area contributed by atoms with E-state index in [4.69, 9.17) is 4.74 Å². The molecule has 22 heavy (non-hydrogen) atoms. The highest BCUT2D eigenvalue weighted by atomic mass is 35.5. The number of morpholine rings is 1. The number of ether oxygens (including phenoxy) is 1. The van der Waals surface area contributed by atoms with Gasteiger partial charge in [-0.2, -0.15) is 0 Å². The summed E-state index contributed by atoms with van der Waals surface area (Å²) < 4.78 is 5.33. The molecule has 2 saturated heterocycles. The molecular weight excluding hydrogens is 308 g/mol. The summed E-state index contributed by atoms with van der Waals surface area (Å²) in [6.45, 7) is 9.64. The van der Waals surface area contributed by atoms with Crippen LogP contribution in [0, 0.1) is 0 Å². The minimum atomic E-state index is -0.233. The van der Waals surface area contributed by atoms with E-state index >= 15 is 0 Å². The van der Waals surface area contributed by atoms with Gasteiger partial charge in [0, 0.05) is 45.8 Å². The zero-order valence-electron chi connectivity index (χ0n) is 13.4. The normalized spacial score (nSPS) is 22.0. The van der Waals surface area contributed by atoms with Crippen molar-refractivity contribution in [3.8, 4) is 0 Å². The number of hydrogen-bond donors (Lipinski definition) is 1. The fourth-order valence-corrected chi connectivity index (χ4v) is 2.76. The van der Waals surface area contributed by atoms with Gasteiger partial charge in [0.15, 0.2) is 0 Å². The molecule has 2 rings (SSSR count). The number of nitrogens with one attached hydrogen (secondary N) is 1. The predicted octanol–water partition coefficient (Wildman–Crippen LogP) is 0.00260. The van der Waals surface area contributed by atoms with E-state index in [1.807, 2.05) is 28.5 Å². The second kappa shape index (κ2) is 9.17. The lowest BCUT2D eigenvalue weighted by atomic mass is 10.2.